The molecule has 3 rings (SSSR count). The standard InChI is InChI=1S/C21H34N2O8/c24-18(12-16(20(26)27)22-3-7-30-8-4-22)14-1-2-15(11-14)19(25)13-17(21(28)29)23-5-9-31-10-6-23/h14-18,24H,1-13H2,(H,26,27)(H,28,29). The molecule has 0 aromatic carbocycles. The van der Waals surface area contributed by atoms with Crippen molar-refractivity contribution in [3.63, 3.8) is 0 Å². The Morgan fingerprint density at radius 1 is 0.839 bits per heavy atom. The number of rotatable bonds is 10. The van der Waals surface area contributed by atoms with Gasteiger partial charge in [0, 0.05) is 38.5 Å². The summed E-state index contributed by atoms with van der Waals surface area (Å²) in [6, 6.07) is -1.62. The maximum atomic E-state index is 12.8. The molecular weight excluding hydrogens is 408 g/mol. The number of carbonyl (C=O) groups is 3. The number of ether oxygens (including phenoxy) is 2. The van der Waals surface area contributed by atoms with Crippen LogP contribution in [0.3, 0.4) is 0 Å². The molecule has 10 nitrogen and oxygen atoms in total. The molecule has 0 amide bonds. The van der Waals surface area contributed by atoms with Crippen LogP contribution in [-0.2, 0) is 23.9 Å². The zero-order valence-corrected chi connectivity index (χ0v) is 17.9. The fourth-order valence-corrected chi connectivity index (χ4v) is 4.99. The second-order valence-electron chi connectivity index (χ2n) is 8.75. The number of hydrogen-bond acceptors (Lipinski definition) is 8. The van der Waals surface area contributed by atoms with Gasteiger partial charge in [0.05, 0.1) is 32.5 Å². The molecule has 176 valence electrons. The summed E-state index contributed by atoms with van der Waals surface area (Å²) < 4.78 is 10.5. The van der Waals surface area contributed by atoms with E-state index >= 15 is 0 Å². The number of aliphatic hydroxyl groups is 1. The largest absolute Gasteiger partial charge is 0.480 e. The molecular formula is C21H34N2O8. The lowest BCUT2D eigenvalue weighted by atomic mass is 9.91. The van der Waals surface area contributed by atoms with Gasteiger partial charge < -0.3 is 24.8 Å². The van der Waals surface area contributed by atoms with Crippen molar-refractivity contribution in [2.75, 3.05) is 52.6 Å². The van der Waals surface area contributed by atoms with Crippen molar-refractivity contribution in [1.29, 1.82) is 0 Å². The van der Waals surface area contributed by atoms with Gasteiger partial charge in [-0.2, -0.15) is 0 Å². The van der Waals surface area contributed by atoms with Gasteiger partial charge in [0.25, 0.3) is 0 Å². The van der Waals surface area contributed by atoms with Crippen molar-refractivity contribution in [2.45, 2.75) is 50.3 Å². The van der Waals surface area contributed by atoms with Crippen LogP contribution in [0.25, 0.3) is 0 Å². The van der Waals surface area contributed by atoms with Gasteiger partial charge in [0.2, 0.25) is 0 Å². The third kappa shape index (κ3) is 6.45. The molecule has 31 heavy (non-hydrogen) atoms. The van der Waals surface area contributed by atoms with Gasteiger partial charge in [-0.3, -0.25) is 24.2 Å². The molecule has 3 fully saturated rings. The SMILES string of the molecule is O=C(CC(C(=O)O)N1CCOCC1)C1CCC(C(O)CC(C(=O)O)N2CCOCC2)C1. The number of nitrogens with zero attached hydrogens (tertiary/aromatic N) is 2. The van der Waals surface area contributed by atoms with Crippen LogP contribution in [0.4, 0.5) is 0 Å². The third-order valence-corrected chi connectivity index (χ3v) is 6.87. The molecule has 3 aliphatic rings. The number of aliphatic hydroxyl groups excluding tert-OH is 1. The Labute approximate surface area is 182 Å². The number of ketones is 1. The summed E-state index contributed by atoms with van der Waals surface area (Å²) in [5.74, 6) is -2.48. The minimum absolute atomic E-state index is 0.0473. The van der Waals surface area contributed by atoms with Crippen LogP contribution < -0.4 is 0 Å². The molecule has 2 saturated heterocycles. The predicted molar refractivity (Wildman–Crippen MR) is 109 cm³/mol. The van der Waals surface area contributed by atoms with Gasteiger partial charge in [0.15, 0.2) is 0 Å². The minimum atomic E-state index is -1.00. The summed E-state index contributed by atoms with van der Waals surface area (Å²) in [4.78, 5) is 39.9. The number of carboxylic acid groups (broad SMARTS) is 2. The molecule has 1 saturated carbocycles. The summed E-state index contributed by atoms with van der Waals surface area (Å²) in [6.07, 6.45) is 0.982. The van der Waals surface area contributed by atoms with Gasteiger partial charge in [-0.15, -0.1) is 0 Å². The molecule has 0 bridgehead atoms. The highest BCUT2D eigenvalue weighted by Crippen LogP contribution is 2.36. The number of aliphatic carboxylic acids is 2. The fraction of sp³-hybridized carbons (Fsp3) is 0.857. The van der Waals surface area contributed by atoms with Gasteiger partial charge in [-0.05, 0) is 31.6 Å². The van der Waals surface area contributed by atoms with Crippen molar-refractivity contribution in [1.82, 2.24) is 9.80 Å². The molecule has 1 aliphatic carbocycles. The van der Waals surface area contributed by atoms with Crippen LogP contribution in [0.15, 0.2) is 0 Å². The monoisotopic (exact) mass is 442 g/mol. The molecule has 5 unspecified atom stereocenters. The van der Waals surface area contributed by atoms with E-state index in [4.69, 9.17) is 9.47 Å². The summed E-state index contributed by atoms with van der Waals surface area (Å²) in [5, 5.41) is 29.9. The fourth-order valence-electron chi connectivity index (χ4n) is 4.99. The average Bonchev–Trinajstić information content (AvgIpc) is 3.27. The lowest BCUT2D eigenvalue weighted by Crippen LogP contribution is -2.49. The van der Waals surface area contributed by atoms with Crippen molar-refractivity contribution in [3.8, 4) is 0 Å². The van der Waals surface area contributed by atoms with E-state index in [9.17, 15) is 29.7 Å². The Hall–Kier alpha value is -1.59. The summed E-state index contributed by atoms with van der Waals surface area (Å²) in [5.41, 5.74) is 0. The molecule has 5 atom stereocenters. The number of morpholine rings is 2. The normalized spacial score (nSPS) is 28.7. The Kier molecular flexibility index (Phi) is 8.79. The zero-order chi connectivity index (χ0) is 22.4. The first kappa shape index (κ1) is 24.1. The van der Waals surface area contributed by atoms with Crippen LogP contribution in [0.1, 0.15) is 32.1 Å². The maximum absolute atomic E-state index is 12.8. The number of hydrogen-bond donors (Lipinski definition) is 3. The molecule has 0 aromatic rings. The van der Waals surface area contributed by atoms with E-state index in [1.54, 1.807) is 4.90 Å². The highest BCUT2D eigenvalue weighted by atomic mass is 16.5. The molecule has 3 N–H and O–H groups in total. The lowest BCUT2D eigenvalue weighted by Gasteiger charge is -2.34. The quantitative estimate of drug-likeness (QED) is 0.413. The highest BCUT2D eigenvalue weighted by Gasteiger charge is 2.39. The Balaban J connectivity index is 1.52. The first-order valence-electron chi connectivity index (χ1n) is 11.2. The van der Waals surface area contributed by atoms with Crippen molar-refractivity contribution >= 4 is 17.7 Å². The third-order valence-electron chi connectivity index (χ3n) is 6.87. The van der Waals surface area contributed by atoms with E-state index < -0.39 is 30.1 Å². The van der Waals surface area contributed by atoms with E-state index in [0.717, 1.165) is 0 Å². The smallest absolute Gasteiger partial charge is 0.321 e. The summed E-state index contributed by atoms with van der Waals surface area (Å²) >= 11 is 0. The number of Topliss-reactive ketones (excluding diaryl/α,β-unsaturated/α-hetero) is 1. The highest BCUT2D eigenvalue weighted by molar-refractivity contribution is 5.87. The van der Waals surface area contributed by atoms with E-state index in [1.807, 2.05) is 4.90 Å². The Bertz CT molecular complexity index is 633. The number of carbonyl (C=O) groups excluding carboxylic acids is 1. The first-order chi connectivity index (χ1) is 14.9. The minimum Gasteiger partial charge on any atom is -0.480 e. The topological polar surface area (TPSA) is 137 Å². The van der Waals surface area contributed by atoms with Crippen LogP contribution in [0.2, 0.25) is 0 Å². The maximum Gasteiger partial charge on any atom is 0.321 e. The number of carboxylic acids is 2. The van der Waals surface area contributed by atoms with E-state index in [1.165, 1.54) is 0 Å². The molecule has 0 radical (unpaired) electrons. The van der Waals surface area contributed by atoms with E-state index in [-0.39, 0.29) is 30.5 Å². The summed E-state index contributed by atoms with van der Waals surface area (Å²) in [6.45, 7) is 3.92. The average molecular weight is 443 g/mol. The predicted octanol–water partition coefficient (Wildman–Crippen LogP) is -0.316. The van der Waals surface area contributed by atoms with Gasteiger partial charge >= 0.3 is 11.9 Å². The second-order valence-corrected chi connectivity index (χ2v) is 8.75. The zero-order valence-electron chi connectivity index (χ0n) is 17.9. The molecule has 0 aromatic heterocycles. The van der Waals surface area contributed by atoms with E-state index in [2.05, 4.69) is 0 Å². The second kappa shape index (κ2) is 11.3. The lowest BCUT2D eigenvalue weighted by molar-refractivity contribution is -0.148. The van der Waals surface area contributed by atoms with Crippen LogP contribution in [0, 0.1) is 11.8 Å². The van der Waals surface area contributed by atoms with Crippen LogP contribution >= 0.6 is 0 Å². The van der Waals surface area contributed by atoms with E-state index in [0.29, 0.717) is 71.9 Å². The van der Waals surface area contributed by atoms with Gasteiger partial charge in [-0.1, -0.05) is 0 Å². The van der Waals surface area contributed by atoms with Crippen LogP contribution in [0.5, 0.6) is 0 Å². The summed E-state index contributed by atoms with van der Waals surface area (Å²) in [7, 11) is 0. The molecule has 10 heteroatoms. The Morgan fingerprint density at radius 3 is 1.87 bits per heavy atom. The van der Waals surface area contributed by atoms with Crippen molar-refractivity contribution < 1.29 is 39.2 Å². The Morgan fingerprint density at radius 2 is 1.35 bits per heavy atom. The molecule has 2 heterocycles. The van der Waals surface area contributed by atoms with Crippen molar-refractivity contribution in [3.05, 3.63) is 0 Å². The van der Waals surface area contributed by atoms with Crippen molar-refractivity contribution in [2.24, 2.45) is 11.8 Å². The molecule has 0 spiro atoms. The van der Waals surface area contributed by atoms with Crippen LogP contribution in [-0.4, -0.2) is 114 Å². The molecule has 2 aliphatic heterocycles. The van der Waals surface area contributed by atoms with Gasteiger partial charge in [-0.25, -0.2) is 0 Å². The first-order valence-corrected chi connectivity index (χ1v) is 11.2. The van der Waals surface area contributed by atoms with Gasteiger partial charge in [0.1, 0.15) is 17.9 Å².